The molecule has 3 aliphatic heterocycles. The number of aromatic nitrogens is 10. The van der Waals surface area contributed by atoms with Gasteiger partial charge in [0.1, 0.15) is 60.8 Å². The maximum absolute atomic E-state index is 13.6. The van der Waals surface area contributed by atoms with Crippen LogP contribution in [-0.4, -0.2) is 163 Å². The number of phosphoric ester groups is 3. The number of fused-ring (bicyclic) bond motifs is 2. The van der Waals surface area contributed by atoms with Crippen molar-refractivity contribution in [2.24, 2.45) is 0 Å². The highest BCUT2D eigenvalue weighted by Gasteiger charge is 2.53. The topological polar surface area (TPSA) is 527 Å². The molecule has 0 spiro atoms. The number of rotatable bonds is 16. The van der Waals surface area contributed by atoms with E-state index in [1.165, 1.54) is 6.07 Å². The molecule has 5 aromatic heterocycles. The van der Waals surface area contributed by atoms with Crippen LogP contribution in [-0.2, 0) is 50.5 Å². The van der Waals surface area contributed by atoms with Crippen molar-refractivity contribution < 1.29 is 90.5 Å². The number of nitrogen functional groups attached to an aromatic ring is 3. The van der Waals surface area contributed by atoms with E-state index in [0.717, 1.165) is 32.6 Å². The van der Waals surface area contributed by atoms with Crippen LogP contribution < -0.4 is 34.0 Å². The third-order valence-electron chi connectivity index (χ3n) is 10.3. The van der Waals surface area contributed by atoms with Gasteiger partial charge in [-0.25, -0.2) is 28.5 Å². The summed E-state index contributed by atoms with van der Waals surface area (Å²) in [7, 11) is -16.3. The first-order valence-electron chi connectivity index (χ1n) is 18.9. The number of aromatic amines is 2. The summed E-state index contributed by atoms with van der Waals surface area (Å²) in [5.41, 5.74) is 13.1. The Balaban J connectivity index is 1.02. The van der Waals surface area contributed by atoms with E-state index in [9.17, 15) is 68.1 Å². The van der Waals surface area contributed by atoms with Gasteiger partial charge in [-0.2, -0.15) is 15.0 Å². The van der Waals surface area contributed by atoms with E-state index in [0.29, 0.717) is 0 Å². The smallest absolute Gasteiger partial charge is 0.387 e. The summed E-state index contributed by atoms with van der Waals surface area (Å²) in [5.74, 6) is -0.964. The maximum atomic E-state index is 13.6. The highest BCUT2D eigenvalue weighted by Crippen LogP contribution is 2.52. The molecule has 3 saturated heterocycles. The Labute approximate surface area is 369 Å². The van der Waals surface area contributed by atoms with Crippen molar-refractivity contribution in [1.82, 2.24) is 48.6 Å². The quantitative estimate of drug-likeness (QED) is 0.0410. The summed E-state index contributed by atoms with van der Waals surface area (Å²) in [6, 6.07) is 1.19. The maximum Gasteiger partial charge on any atom is 0.472 e. The number of aliphatic hydroxyl groups is 4. The van der Waals surface area contributed by atoms with Gasteiger partial charge in [0, 0.05) is 6.20 Å². The Kier molecular flexibility index (Phi) is 13.1. The number of nitrogens with zero attached hydrogens (tertiary/aromatic N) is 8. The van der Waals surface area contributed by atoms with Crippen molar-refractivity contribution in [1.29, 1.82) is 0 Å². The van der Waals surface area contributed by atoms with Crippen LogP contribution in [0.5, 0.6) is 0 Å². The fourth-order valence-corrected chi connectivity index (χ4v) is 9.55. The number of aliphatic hydroxyl groups excluding tert-OH is 4. The highest BCUT2D eigenvalue weighted by atomic mass is 31.2. The molecule has 0 saturated carbocycles. The van der Waals surface area contributed by atoms with E-state index in [4.69, 9.17) is 49.5 Å². The normalized spacial score (nSPS) is 30.9. The molecule has 0 amide bonds. The van der Waals surface area contributed by atoms with Crippen molar-refractivity contribution in [3.63, 3.8) is 0 Å². The van der Waals surface area contributed by atoms with E-state index >= 15 is 0 Å². The van der Waals surface area contributed by atoms with Gasteiger partial charge < -0.3 is 71.4 Å². The number of nitrogens with one attached hydrogen (secondary N) is 2. The Morgan fingerprint density at radius 1 is 0.612 bits per heavy atom. The van der Waals surface area contributed by atoms with Crippen molar-refractivity contribution in [2.45, 2.75) is 73.6 Å². The van der Waals surface area contributed by atoms with Gasteiger partial charge in [0.25, 0.3) is 11.1 Å². The molecule has 8 heterocycles. The van der Waals surface area contributed by atoms with Crippen LogP contribution >= 0.6 is 23.5 Å². The molecule has 366 valence electrons. The number of hydrogen-bond donors (Lipinski definition) is 13. The molecule has 0 aromatic carbocycles. The molecule has 35 nitrogen and oxygen atoms in total. The largest absolute Gasteiger partial charge is 0.472 e. The third-order valence-corrected chi connectivity index (χ3v) is 12.7. The zero-order valence-electron chi connectivity index (χ0n) is 33.3. The summed E-state index contributed by atoms with van der Waals surface area (Å²) in [5, 5.41) is 44.1. The Morgan fingerprint density at radius 3 is 1.51 bits per heavy atom. The lowest BCUT2D eigenvalue weighted by atomic mass is 10.1. The number of anilines is 3. The number of hydrogen-bond acceptors (Lipinski definition) is 26. The molecule has 5 aromatic rings. The highest BCUT2D eigenvalue weighted by molar-refractivity contribution is 7.47. The number of imidazole rings is 2. The SMILES string of the molecule is Nc1ccn([C@@H]2O[C@H](COP(=O)(O)O[C@H]3[C@@H](O)[C@H](n4cnc5c(=O)[nH]c(N)nc54)O[C@@H]3COP(=O)(O)O[C@H]3[C@@H](O)[C@H](n4cnc5c(=O)[nH]c(N)nc54)O[C@@H]3COP(=O)(O)O)[C@@H](O)[C@H]2O)c(=O)n1. The molecular formula is C29H38N13O22P3. The van der Waals surface area contributed by atoms with Crippen LogP contribution in [0.2, 0.25) is 0 Å². The predicted molar refractivity (Wildman–Crippen MR) is 213 cm³/mol. The predicted octanol–water partition coefficient (Wildman–Crippen LogP) is -5.49. The number of H-pyrrole nitrogens is 2. The molecule has 8 rings (SSSR count). The lowest BCUT2D eigenvalue weighted by Crippen LogP contribution is -2.38. The summed E-state index contributed by atoms with van der Waals surface area (Å²) in [6.45, 7) is -3.31. The van der Waals surface area contributed by atoms with Crippen LogP contribution in [0.25, 0.3) is 22.3 Å². The van der Waals surface area contributed by atoms with Gasteiger partial charge in [-0.05, 0) is 6.07 Å². The van der Waals surface area contributed by atoms with Crippen LogP contribution in [0, 0.1) is 0 Å². The Bertz CT molecular complexity index is 3000. The van der Waals surface area contributed by atoms with E-state index < -0.39 is 140 Å². The van der Waals surface area contributed by atoms with Crippen LogP contribution in [0.4, 0.5) is 17.7 Å². The average Bonchev–Trinajstić information content (AvgIpc) is 4.04. The van der Waals surface area contributed by atoms with Crippen LogP contribution in [0.15, 0.2) is 39.3 Å². The van der Waals surface area contributed by atoms with Crippen molar-refractivity contribution in [3.05, 3.63) is 56.1 Å². The van der Waals surface area contributed by atoms with Gasteiger partial charge in [-0.3, -0.25) is 55.9 Å². The van der Waals surface area contributed by atoms with Crippen LogP contribution in [0.3, 0.4) is 0 Å². The van der Waals surface area contributed by atoms with E-state index in [1.807, 2.05) is 0 Å². The molecule has 16 N–H and O–H groups in total. The summed E-state index contributed by atoms with van der Waals surface area (Å²) < 4.78 is 83.6. The first kappa shape index (κ1) is 48.5. The van der Waals surface area contributed by atoms with Crippen molar-refractivity contribution in [2.75, 3.05) is 37.0 Å². The van der Waals surface area contributed by atoms with Crippen LogP contribution in [0.1, 0.15) is 18.7 Å². The molecular weight excluding hydrogens is 975 g/mol. The molecule has 3 aliphatic rings. The molecule has 67 heavy (non-hydrogen) atoms. The zero-order chi connectivity index (χ0) is 48.5. The monoisotopic (exact) mass is 1010 g/mol. The molecule has 14 atom stereocenters. The first-order chi connectivity index (χ1) is 31.4. The molecule has 0 aliphatic carbocycles. The molecule has 0 bridgehead atoms. The lowest BCUT2D eigenvalue weighted by Gasteiger charge is -2.26. The molecule has 0 radical (unpaired) electrons. The van der Waals surface area contributed by atoms with Gasteiger partial charge >= 0.3 is 29.2 Å². The standard InChI is InChI=1S/C29H38N13O22P3/c30-11-1-2-40(29(49)35-11)24-15(44)14(43)8(60-24)3-58-66(53,54)64-19-10(62-26(17(19)46)42-7-34-13-21(42)37-28(32)39-23(13)48)5-59-67(55,56)63-18-9(4-57-65(50,51)52)61-25(16(18)45)41-6-33-12-20(41)36-27(31)38-22(12)47/h1-2,6-10,14-19,24-26,43-46H,3-5H2,(H,53,54)(H,55,56)(H2,30,35,49)(H2,50,51,52)(H3,31,36,38,47)(H3,32,37,39,48)/t8-,9-,10-,14-,15-,16-,17-,18-,19-,24-,25-,26-/m1/s1. The Morgan fingerprint density at radius 2 is 1.04 bits per heavy atom. The van der Waals surface area contributed by atoms with Gasteiger partial charge in [0.15, 0.2) is 41.0 Å². The summed E-state index contributed by atoms with van der Waals surface area (Å²) in [4.78, 5) is 101. The Hall–Kier alpha value is -4.97. The van der Waals surface area contributed by atoms with Crippen molar-refractivity contribution in [3.8, 4) is 0 Å². The minimum Gasteiger partial charge on any atom is -0.387 e. The molecule has 3 fully saturated rings. The lowest BCUT2D eigenvalue weighted by molar-refractivity contribution is -0.0630. The summed E-state index contributed by atoms with van der Waals surface area (Å²) in [6.07, 6.45) is -19.3. The van der Waals surface area contributed by atoms with Gasteiger partial charge in [-0.15, -0.1) is 0 Å². The van der Waals surface area contributed by atoms with Gasteiger partial charge in [0.05, 0.1) is 32.5 Å². The zero-order valence-corrected chi connectivity index (χ0v) is 36.0. The van der Waals surface area contributed by atoms with Gasteiger partial charge in [0.2, 0.25) is 11.9 Å². The minimum absolute atomic E-state index is 0.165. The third kappa shape index (κ3) is 9.97. The molecule has 38 heteroatoms. The van der Waals surface area contributed by atoms with E-state index in [-0.39, 0.29) is 34.1 Å². The van der Waals surface area contributed by atoms with Gasteiger partial charge in [-0.1, -0.05) is 0 Å². The second-order valence-corrected chi connectivity index (χ2v) is 18.8. The first-order valence-corrected chi connectivity index (χ1v) is 23.4. The number of nitrogens with two attached hydrogens (primary N) is 3. The fraction of sp³-hybridized carbons (Fsp3) is 0.517. The van der Waals surface area contributed by atoms with E-state index in [1.54, 1.807) is 0 Å². The van der Waals surface area contributed by atoms with Crippen molar-refractivity contribution >= 4 is 63.5 Å². The summed E-state index contributed by atoms with van der Waals surface area (Å²) >= 11 is 0. The fourth-order valence-electron chi connectivity index (χ4n) is 7.28. The molecule has 2 unspecified atom stereocenters. The number of ether oxygens (including phenoxy) is 3. The second kappa shape index (κ2) is 18.2. The minimum atomic E-state index is -5.59. The second-order valence-electron chi connectivity index (χ2n) is 14.7. The average molecular weight is 1010 g/mol. The van der Waals surface area contributed by atoms with E-state index in [2.05, 4.69) is 39.4 Å². The number of phosphoric acid groups is 3.